The Bertz CT molecular complexity index is 498. The molecule has 0 bridgehead atoms. The van der Waals surface area contributed by atoms with Crippen molar-refractivity contribution in [2.45, 2.75) is 65.0 Å². The summed E-state index contributed by atoms with van der Waals surface area (Å²) >= 11 is 0. The lowest BCUT2D eigenvalue weighted by Gasteiger charge is -2.37. The maximum atomic E-state index is 6.28. The van der Waals surface area contributed by atoms with Crippen LogP contribution in [0.25, 0.3) is 0 Å². The summed E-state index contributed by atoms with van der Waals surface area (Å²) in [7, 11) is 0. The van der Waals surface area contributed by atoms with Gasteiger partial charge in [0.05, 0.1) is 11.7 Å². The Labute approximate surface area is 116 Å². The summed E-state index contributed by atoms with van der Waals surface area (Å²) in [6.45, 7) is 11.4. The van der Waals surface area contributed by atoms with Gasteiger partial charge in [-0.05, 0) is 36.0 Å². The minimum absolute atomic E-state index is 0.183. The van der Waals surface area contributed by atoms with Gasteiger partial charge in [0, 0.05) is 5.41 Å². The number of benzene rings is 1. The Hall–Kier alpha value is -1.18. The van der Waals surface area contributed by atoms with Gasteiger partial charge in [-0.25, -0.2) is 0 Å². The second-order valence-corrected chi connectivity index (χ2v) is 7.78. The van der Waals surface area contributed by atoms with Crippen molar-refractivity contribution in [1.82, 2.24) is 0 Å². The monoisotopic (exact) mass is 259 g/mol. The summed E-state index contributed by atoms with van der Waals surface area (Å²) in [5.41, 5.74) is 2.99. The van der Waals surface area contributed by atoms with Crippen molar-refractivity contribution in [3.05, 3.63) is 23.8 Å². The maximum Gasteiger partial charge on any atom is 0.142 e. The highest BCUT2D eigenvalue weighted by Gasteiger charge is 2.46. The van der Waals surface area contributed by atoms with Gasteiger partial charge in [-0.3, -0.25) is 0 Å². The quantitative estimate of drug-likeness (QED) is 0.748. The molecule has 0 saturated heterocycles. The largest absolute Gasteiger partial charge is 0.486 e. The third kappa shape index (κ3) is 2.11. The van der Waals surface area contributed by atoms with Crippen LogP contribution in [0.4, 0.5) is 5.69 Å². The van der Waals surface area contributed by atoms with Crippen molar-refractivity contribution in [3.63, 3.8) is 0 Å². The normalized spacial score (nSPS) is 28.1. The van der Waals surface area contributed by atoms with Gasteiger partial charge in [-0.1, -0.05) is 40.7 Å². The Morgan fingerprint density at radius 3 is 2.68 bits per heavy atom. The van der Waals surface area contributed by atoms with Crippen LogP contribution in [0.3, 0.4) is 0 Å². The average Bonchev–Trinajstić information content (AvgIpc) is 2.61. The molecule has 1 aromatic carbocycles. The molecule has 0 amide bonds. The van der Waals surface area contributed by atoms with Gasteiger partial charge in [-0.15, -0.1) is 0 Å². The number of fused-ring (bicyclic) bond motifs is 2. The van der Waals surface area contributed by atoms with E-state index in [0.29, 0.717) is 12.1 Å². The number of anilines is 1. The highest BCUT2D eigenvalue weighted by molar-refractivity contribution is 5.61. The van der Waals surface area contributed by atoms with E-state index in [0.717, 1.165) is 5.75 Å². The average molecular weight is 259 g/mol. The fourth-order valence-corrected chi connectivity index (χ4v) is 3.30. The molecule has 1 saturated carbocycles. The van der Waals surface area contributed by atoms with E-state index in [1.54, 1.807) is 0 Å². The minimum Gasteiger partial charge on any atom is -0.486 e. The van der Waals surface area contributed by atoms with Gasteiger partial charge < -0.3 is 10.1 Å². The lowest BCUT2D eigenvalue weighted by atomic mass is 9.85. The maximum absolute atomic E-state index is 6.28. The van der Waals surface area contributed by atoms with Crippen LogP contribution in [-0.2, 0) is 5.41 Å². The molecule has 2 heteroatoms. The topological polar surface area (TPSA) is 21.3 Å². The number of nitrogens with one attached hydrogen (secondary N) is 1. The second kappa shape index (κ2) is 3.91. The van der Waals surface area contributed by atoms with Crippen LogP contribution in [0.15, 0.2) is 18.2 Å². The van der Waals surface area contributed by atoms with Crippen LogP contribution in [0.1, 0.15) is 53.0 Å². The molecular weight excluding hydrogens is 234 g/mol. The highest BCUT2D eigenvalue weighted by atomic mass is 16.5. The van der Waals surface area contributed by atoms with Gasteiger partial charge in [0.25, 0.3) is 0 Å². The van der Waals surface area contributed by atoms with Gasteiger partial charge in [0.2, 0.25) is 0 Å². The van der Waals surface area contributed by atoms with Crippen LogP contribution in [0.2, 0.25) is 0 Å². The zero-order chi connectivity index (χ0) is 13.8. The summed E-state index contributed by atoms with van der Waals surface area (Å²) in [6.07, 6.45) is 2.74. The van der Waals surface area contributed by atoms with E-state index in [-0.39, 0.29) is 10.8 Å². The molecule has 104 valence electrons. The van der Waals surface area contributed by atoms with Crippen LogP contribution in [0, 0.1) is 5.41 Å². The molecule has 2 nitrogen and oxygen atoms in total. The van der Waals surface area contributed by atoms with Crippen molar-refractivity contribution in [2.24, 2.45) is 5.41 Å². The van der Waals surface area contributed by atoms with E-state index in [1.165, 1.54) is 24.1 Å². The van der Waals surface area contributed by atoms with Crippen molar-refractivity contribution in [2.75, 3.05) is 5.32 Å². The minimum atomic E-state index is 0.183. The van der Waals surface area contributed by atoms with E-state index in [4.69, 9.17) is 4.74 Å². The Morgan fingerprint density at radius 2 is 2.00 bits per heavy atom. The zero-order valence-electron chi connectivity index (χ0n) is 12.7. The molecular formula is C17H25NO. The van der Waals surface area contributed by atoms with E-state index >= 15 is 0 Å². The lowest BCUT2D eigenvalue weighted by Crippen LogP contribution is -2.43. The molecule has 1 aromatic rings. The van der Waals surface area contributed by atoms with Crippen LogP contribution >= 0.6 is 0 Å². The molecule has 0 spiro atoms. The molecule has 1 aliphatic carbocycles. The van der Waals surface area contributed by atoms with Gasteiger partial charge in [0.15, 0.2) is 0 Å². The first-order valence-electron chi connectivity index (χ1n) is 7.35. The Morgan fingerprint density at radius 1 is 1.26 bits per heavy atom. The van der Waals surface area contributed by atoms with Crippen LogP contribution < -0.4 is 10.1 Å². The molecule has 2 atom stereocenters. The van der Waals surface area contributed by atoms with Crippen molar-refractivity contribution >= 4 is 5.69 Å². The smallest absolute Gasteiger partial charge is 0.142 e. The molecule has 0 radical (unpaired) electrons. The lowest BCUT2D eigenvalue weighted by molar-refractivity contribution is 0.0900. The third-order valence-corrected chi connectivity index (χ3v) is 4.68. The Balaban J connectivity index is 1.94. The number of hydrogen-bond donors (Lipinski definition) is 1. The van der Waals surface area contributed by atoms with Crippen molar-refractivity contribution in [3.8, 4) is 5.75 Å². The van der Waals surface area contributed by atoms with Crippen molar-refractivity contribution < 1.29 is 4.74 Å². The van der Waals surface area contributed by atoms with E-state index in [1.807, 2.05) is 0 Å². The molecule has 1 heterocycles. The van der Waals surface area contributed by atoms with E-state index < -0.39 is 0 Å². The fourth-order valence-electron chi connectivity index (χ4n) is 3.30. The molecule has 2 aliphatic rings. The number of rotatable bonds is 0. The predicted octanol–water partition coefficient (Wildman–Crippen LogP) is 4.35. The standard InChI is InChI=1S/C17H25NO/c1-16(2,3)11-6-7-14-13(10-11)18-12-8-9-17(4,5)15(12)19-14/h6-7,10,12,15,18H,8-9H2,1-5H3. The first kappa shape index (κ1) is 12.8. The first-order chi connectivity index (χ1) is 8.77. The highest BCUT2D eigenvalue weighted by Crippen LogP contribution is 2.46. The summed E-state index contributed by atoms with van der Waals surface area (Å²) in [5, 5.41) is 3.70. The second-order valence-electron chi connectivity index (χ2n) is 7.78. The molecule has 2 unspecified atom stereocenters. The van der Waals surface area contributed by atoms with E-state index in [9.17, 15) is 0 Å². The molecule has 1 aliphatic heterocycles. The fraction of sp³-hybridized carbons (Fsp3) is 0.647. The SMILES string of the molecule is CC(C)(C)c1ccc2c(c1)NC1CCC(C)(C)C1O2. The van der Waals surface area contributed by atoms with E-state index in [2.05, 4.69) is 58.1 Å². The molecule has 19 heavy (non-hydrogen) atoms. The molecule has 0 aromatic heterocycles. The summed E-state index contributed by atoms with van der Waals surface area (Å²) in [6, 6.07) is 7.06. The first-order valence-corrected chi connectivity index (χ1v) is 7.35. The number of hydrogen-bond acceptors (Lipinski definition) is 2. The zero-order valence-corrected chi connectivity index (χ0v) is 12.7. The predicted molar refractivity (Wildman–Crippen MR) is 80.0 cm³/mol. The molecule has 1 N–H and O–H groups in total. The third-order valence-electron chi connectivity index (χ3n) is 4.68. The van der Waals surface area contributed by atoms with Crippen LogP contribution in [0.5, 0.6) is 5.75 Å². The van der Waals surface area contributed by atoms with Crippen molar-refractivity contribution in [1.29, 1.82) is 0 Å². The summed E-state index contributed by atoms with van der Waals surface area (Å²) < 4.78 is 6.28. The molecule has 3 rings (SSSR count). The number of ether oxygens (including phenoxy) is 1. The Kier molecular flexibility index (Phi) is 2.64. The van der Waals surface area contributed by atoms with Gasteiger partial charge in [-0.2, -0.15) is 0 Å². The summed E-state index contributed by atoms with van der Waals surface area (Å²) in [4.78, 5) is 0. The van der Waals surface area contributed by atoms with Crippen LogP contribution in [-0.4, -0.2) is 12.1 Å². The van der Waals surface area contributed by atoms with Gasteiger partial charge in [0.1, 0.15) is 11.9 Å². The van der Waals surface area contributed by atoms with Gasteiger partial charge >= 0.3 is 0 Å². The summed E-state index contributed by atoms with van der Waals surface area (Å²) in [5.74, 6) is 1.02. The molecule has 1 fully saturated rings.